The Bertz CT molecular complexity index is 683. The van der Waals surface area contributed by atoms with Crippen LogP contribution in [0.5, 0.6) is 0 Å². The largest absolute Gasteiger partial charge is 0.441 e. The lowest BCUT2D eigenvalue weighted by Gasteiger charge is -2.01. The minimum absolute atomic E-state index is 0.596. The number of hydrogen-bond acceptors (Lipinski definition) is 4. The van der Waals surface area contributed by atoms with Crippen LogP contribution in [0.15, 0.2) is 28.8 Å². The van der Waals surface area contributed by atoms with Crippen molar-refractivity contribution >= 4 is 11.1 Å². The first kappa shape index (κ1) is 11.0. The number of nitrogens with one attached hydrogen (secondary N) is 1. The van der Waals surface area contributed by atoms with Crippen molar-refractivity contribution < 1.29 is 4.42 Å². The van der Waals surface area contributed by atoms with Gasteiger partial charge in [0.1, 0.15) is 5.52 Å². The molecule has 0 aliphatic rings. The molecule has 5 heteroatoms. The summed E-state index contributed by atoms with van der Waals surface area (Å²) in [6.45, 7) is 2.44. The lowest BCUT2D eigenvalue weighted by atomic mass is 10.0. The third-order valence-corrected chi connectivity index (χ3v) is 2.92. The van der Waals surface area contributed by atoms with E-state index < -0.39 is 0 Å². The number of aryl methyl sites for hydroxylation is 1. The summed E-state index contributed by atoms with van der Waals surface area (Å²) in [5.74, 6) is 0.677. The smallest absolute Gasteiger partial charge is 0.192 e. The normalized spacial score (nSPS) is 11.2. The van der Waals surface area contributed by atoms with Gasteiger partial charge in [-0.15, -0.1) is 0 Å². The Labute approximate surface area is 104 Å². The van der Waals surface area contributed by atoms with Crippen LogP contribution < -0.4 is 5.73 Å². The van der Waals surface area contributed by atoms with Gasteiger partial charge < -0.3 is 10.2 Å². The van der Waals surface area contributed by atoms with Gasteiger partial charge in [0.2, 0.25) is 0 Å². The van der Waals surface area contributed by atoms with Gasteiger partial charge in [-0.2, -0.15) is 5.10 Å². The summed E-state index contributed by atoms with van der Waals surface area (Å²) < 4.78 is 5.54. The fraction of sp³-hybridized carbons (Fsp3) is 0.231. The van der Waals surface area contributed by atoms with E-state index in [2.05, 4.69) is 15.2 Å². The zero-order chi connectivity index (χ0) is 12.5. The van der Waals surface area contributed by atoms with Crippen molar-refractivity contribution in [2.75, 3.05) is 6.54 Å². The molecule has 5 nitrogen and oxygen atoms in total. The molecule has 0 unspecified atom stereocenters. The zero-order valence-corrected chi connectivity index (χ0v) is 10.1. The quantitative estimate of drug-likeness (QED) is 0.736. The highest BCUT2D eigenvalue weighted by molar-refractivity contribution is 5.80. The van der Waals surface area contributed by atoms with Gasteiger partial charge in [-0.1, -0.05) is 6.07 Å². The van der Waals surface area contributed by atoms with Crippen molar-refractivity contribution in [3.63, 3.8) is 0 Å². The van der Waals surface area contributed by atoms with Gasteiger partial charge in [0.25, 0.3) is 0 Å². The number of fused-ring (bicyclic) bond motifs is 1. The predicted octanol–water partition coefficient (Wildman–Crippen LogP) is 2.03. The average molecular weight is 242 g/mol. The fourth-order valence-corrected chi connectivity index (χ4v) is 2.10. The summed E-state index contributed by atoms with van der Waals surface area (Å²) in [5, 5.41) is 7.06. The van der Waals surface area contributed by atoms with E-state index in [4.69, 9.17) is 10.2 Å². The van der Waals surface area contributed by atoms with Crippen LogP contribution >= 0.6 is 0 Å². The van der Waals surface area contributed by atoms with E-state index >= 15 is 0 Å². The maximum Gasteiger partial charge on any atom is 0.192 e. The molecule has 2 heterocycles. The van der Waals surface area contributed by atoms with Gasteiger partial charge in [0.05, 0.1) is 6.20 Å². The van der Waals surface area contributed by atoms with E-state index in [1.165, 1.54) is 0 Å². The Balaban J connectivity index is 2.10. The highest BCUT2D eigenvalue weighted by Gasteiger charge is 2.09. The van der Waals surface area contributed by atoms with E-state index in [1.54, 1.807) is 0 Å². The van der Waals surface area contributed by atoms with Crippen LogP contribution in [-0.4, -0.2) is 21.7 Å². The van der Waals surface area contributed by atoms with Crippen molar-refractivity contribution in [3.05, 3.63) is 36.0 Å². The summed E-state index contributed by atoms with van der Waals surface area (Å²) in [6, 6.07) is 5.97. The number of oxazole rings is 1. The second-order valence-corrected chi connectivity index (χ2v) is 4.22. The number of aromatic nitrogens is 3. The molecule has 0 radical (unpaired) electrons. The second kappa shape index (κ2) is 4.27. The van der Waals surface area contributed by atoms with Crippen molar-refractivity contribution in [3.8, 4) is 11.1 Å². The van der Waals surface area contributed by atoms with Crippen molar-refractivity contribution in [1.29, 1.82) is 0 Å². The lowest BCUT2D eigenvalue weighted by Crippen LogP contribution is -2.03. The Hall–Kier alpha value is -2.14. The van der Waals surface area contributed by atoms with Crippen LogP contribution in [0.2, 0.25) is 0 Å². The van der Waals surface area contributed by atoms with E-state index in [1.807, 2.05) is 31.3 Å². The molecule has 0 fully saturated rings. The fourth-order valence-electron chi connectivity index (χ4n) is 2.10. The van der Waals surface area contributed by atoms with Crippen LogP contribution in [0.4, 0.5) is 0 Å². The molecule has 3 N–H and O–H groups in total. The number of rotatable bonds is 3. The molecule has 0 saturated carbocycles. The molecule has 0 spiro atoms. The van der Waals surface area contributed by atoms with Gasteiger partial charge in [-0.25, -0.2) is 4.98 Å². The maximum absolute atomic E-state index is 5.58. The van der Waals surface area contributed by atoms with E-state index in [0.29, 0.717) is 12.4 Å². The van der Waals surface area contributed by atoms with E-state index in [-0.39, 0.29) is 0 Å². The van der Waals surface area contributed by atoms with Gasteiger partial charge >= 0.3 is 0 Å². The lowest BCUT2D eigenvalue weighted by molar-refractivity contribution is 0.561. The Morgan fingerprint density at radius 2 is 2.28 bits per heavy atom. The van der Waals surface area contributed by atoms with Crippen molar-refractivity contribution in [1.82, 2.24) is 15.2 Å². The number of benzene rings is 1. The number of H-pyrrole nitrogens is 1. The van der Waals surface area contributed by atoms with Crippen LogP contribution in [0.25, 0.3) is 22.2 Å². The third kappa shape index (κ3) is 1.78. The Morgan fingerprint density at radius 1 is 1.39 bits per heavy atom. The second-order valence-electron chi connectivity index (χ2n) is 4.22. The summed E-state index contributed by atoms with van der Waals surface area (Å²) in [7, 11) is 0. The van der Waals surface area contributed by atoms with Gasteiger partial charge in [0.15, 0.2) is 11.5 Å². The summed E-state index contributed by atoms with van der Waals surface area (Å²) in [5.41, 5.74) is 10.4. The van der Waals surface area contributed by atoms with E-state index in [9.17, 15) is 0 Å². The molecule has 0 bridgehead atoms. The molecule has 0 atom stereocenters. The predicted molar refractivity (Wildman–Crippen MR) is 69.1 cm³/mol. The maximum atomic E-state index is 5.58. The first-order valence-electron chi connectivity index (χ1n) is 5.88. The standard InChI is InChI=1S/C13H14N4O/c1-8-16-12-3-2-9(6-13(12)18-8)10-7-15-17-11(10)4-5-14/h2-3,6-7H,4-5,14H2,1H3,(H,15,17). The molecule has 2 aromatic heterocycles. The minimum Gasteiger partial charge on any atom is -0.441 e. The van der Waals surface area contributed by atoms with Gasteiger partial charge in [-0.3, -0.25) is 5.10 Å². The molecule has 3 aromatic rings. The molecule has 1 aromatic carbocycles. The molecular weight excluding hydrogens is 228 g/mol. The third-order valence-electron chi connectivity index (χ3n) is 2.92. The molecular formula is C13H14N4O. The van der Waals surface area contributed by atoms with Crippen LogP contribution in [0.3, 0.4) is 0 Å². The monoisotopic (exact) mass is 242 g/mol. The van der Waals surface area contributed by atoms with Gasteiger partial charge in [-0.05, 0) is 24.2 Å². The van der Waals surface area contributed by atoms with Crippen LogP contribution in [-0.2, 0) is 6.42 Å². The van der Waals surface area contributed by atoms with E-state index in [0.717, 1.165) is 34.3 Å². The Morgan fingerprint density at radius 3 is 3.11 bits per heavy atom. The summed E-state index contributed by atoms with van der Waals surface area (Å²) in [4.78, 5) is 4.28. The van der Waals surface area contributed by atoms with Gasteiger partial charge in [0, 0.05) is 24.6 Å². The molecule has 0 aliphatic heterocycles. The molecule has 0 saturated heterocycles. The highest BCUT2D eigenvalue weighted by Crippen LogP contribution is 2.26. The van der Waals surface area contributed by atoms with Crippen LogP contribution in [0, 0.1) is 6.92 Å². The SMILES string of the molecule is Cc1nc2ccc(-c3cn[nH]c3CCN)cc2o1. The zero-order valence-electron chi connectivity index (χ0n) is 10.1. The Kier molecular flexibility index (Phi) is 2.60. The number of hydrogen-bond donors (Lipinski definition) is 2. The number of nitrogens with zero attached hydrogens (tertiary/aromatic N) is 2. The summed E-state index contributed by atoms with van der Waals surface area (Å²) in [6.07, 6.45) is 2.60. The van der Waals surface area contributed by atoms with Crippen LogP contribution in [0.1, 0.15) is 11.6 Å². The van der Waals surface area contributed by atoms with Crippen molar-refractivity contribution in [2.24, 2.45) is 5.73 Å². The molecule has 0 aliphatic carbocycles. The molecule has 3 rings (SSSR count). The number of nitrogens with two attached hydrogens (primary N) is 1. The average Bonchev–Trinajstić information content (AvgIpc) is 2.93. The molecule has 18 heavy (non-hydrogen) atoms. The topological polar surface area (TPSA) is 80.7 Å². The highest BCUT2D eigenvalue weighted by atomic mass is 16.3. The molecule has 0 amide bonds. The first-order chi connectivity index (χ1) is 8.78. The molecule has 92 valence electrons. The minimum atomic E-state index is 0.596. The summed E-state index contributed by atoms with van der Waals surface area (Å²) >= 11 is 0. The number of aromatic amines is 1. The first-order valence-corrected chi connectivity index (χ1v) is 5.88. The van der Waals surface area contributed by atoms with Crippen molar-refractivity contribution in [2.45, 2.75) is 13.3 Å².